The first-order valence-corrected chi connectivity index (χ1v) is 7.59. The van der Waals surface area contributed by atoms with Gasteiger partial charge in [-0.3, -0.25) is 14.9 Å². The largest absolute Gasteiger partial charge is 0.501 e. The lowest BCUT2D eigenvalue weighted by Gasteiger charge is -2.17. The Kier molecular flexibility index (Phi) is 3.78. The monoisotopic (exact) mass is 335 g/mol. The number of nitrogens with zero attached hydrogens (tertiary/aromatic N) is 2. The molecule has 1 aliphatic heterocycles. The number of aromatic hydroxyl groups is 1. The molecule has 0 spiro atoms. The number of rotatable bonds is 3. The van der Waals surface area contributed by atoms with Crippen molar-refractivity contribution in [2.24, 2.45) is 5.14 Å². The van der Waals surface area contributed by atoms with Crippen molar-refractivity contribution in [1.82, 2.24) is 0 Å². The lowest BCUT2D eigenvalue weighted by molar-refractivity contribution is -0.385. The van der Waals surface area contributed by atoms with Gasteiger partial charge in [-0.1, -0.05) is 11.6 Å². The van der Waals surface area contributed by atoms with Crippen LogP contribution in [0.5, 0.6) is 5.75 Å². The molecule has 114 valence electrons. The molecule has 11 heteroatoms. The van der Waals surface area contributed by atoms with Gasteiger partial charge < -0.3 is 10.0 Å². The van der Waals surface area contributed by atoms with Gasteiger partial charge in [0, 0.05) is 24.1 Å². The molecule has 1 aromatic rings. The van der Waals surface area contributed by atoms with Crippen molar-refractivity contribution in [3.8, 4) is 5.75 Å². The highest BCUT2D eigenvalue weighted by Crippen LogP contribution is 2.41. The van der Waals surface area contributed by atoms with E-state index in [2.05, 4.69) is 0 Å². The van der Waals surface area contributed by atoms with E-state index in [0.717, 1.165) is 17.0 Å². The van der Waals surface area contributed by atoms with Crippen molar-refractivity contribution in [3.05, 3.63) is 27.3 Å². The molecule has 3 N–H and O–H groups in total. The fourth-order valence-electron chi connectivity index (χ4n) is 2.04. The maximum Gasteiger partial charge on any atom is 0.314 e. The van der Waals surface area contributed by atoms with Crippen molar-refractivity contribution in [2.45, 2.75) is 11.7 Å². The maximum absolute atomic E-state index is 11.9. The number of benzene rings is 1. The summed E-state index contributed by atoms with van der Waals surface area (Å²) in [6.07, 6.45) is -0.363. The molecule has 1 fully saturated rings. The molecule has 2 rings (SSSR count). The van der Waals surface area contributed by atoms with Crippen LogP contribution < -0.4 is 10.0 Å². The van der Waals surface area contributed by atoms with Crippen LogP contribution in [0.25, 0.3) is 0 Å². The van der Waals surface area contributed by atoms with Crippen LogP contribution in [0.2, 0.25) is 5.02 Å². The topological polar surface area (TPSA) is 144 Å². The van der Waals surface area contributed by atoms with E-state index < -0.39 is 37.5 Å². The zero-order chi connectivity index (χ0) is 15.9. The summed E-state index contributed by atoms with van der Waals surface area (Å²) >= 11 is 5.72. The number of primary sulfonamides is 1. The third kappa shape index (κ3) is 2.91. The molecule has 0 radical (unpaired) electrons. The summed E-state index contributed by atoms with van der Waals surface area (Å²) in [5, 5.41) is 24.5. The minimum absolute atomic E-state index is 0.0682. The smallest absolute Gasteiger partial charge is 0.314 e. The van der Waals surface area contributed by atoms with E-state index in [1.54, 1.807) is 0 Å². The predicted molar refractivity (Wildman–Crippen MR) is 73.6 cm³/mol. The molecule has 0 saturated carbocycles. The number of hydrogen-bond donors (Lipinski definition) is 2. The number of carbonyl (C=O) groups excluding carboxylic acids is 1. The van der Waals surface area contributed by atoms with Gasteiger partial charge in [0.2, 0.25) is 21.7 Å². The van der Waals surface area contributed by atoms with Crippen LogP contribution >= 0.6 is 11.6 Å². The van der Waals surface area contributed by atoms with E-state index in [-0.39, 0.29) is 23.7 Å². The number of carbonyl (C=O) groups is 1. The first-order valence-electron chi connectivity index (χ1n) is 5.60. The molecular formula is C10H10ClN3O6S. The number of phenolic OH excluding ortho intramolecular Hbond substituents is 1. The quantitative estimate of drug-likeness (QED) is 0.602. The van der Waals surface area contributed by atoms with Gasteiger partial charge in [0.25, 0.3) is 0 Å². The Hall–Kier alpha value is -1.91. The van der Waals surface area contributed by atoms with Crippen molar-refractivity contribution >= 4 is 38.9 Å². The van der Waals surface area contributed by atoms with Gasteiger partial charge in [-0.15, -0.1) is 0 Å². The molecular weight excluding hydrogens is 326 g/mol. The van der Waals surface area contributed by atoms with Crippen LogP contribution in [0.1, 0.15) is 6.42 Å². The molecule has 1 amide bonds. The average molecular weight is 336 g/mol. The Labute approximate surface area is 124 Å². The number of phenols is 1. The molecule has 1 saturated heterocycles. The van der Waals surface area contributed by atoms with Crippen LogP contribution in [0.4, 0.5) is 11.4 Å². The van der Waals surface area contributed by atoms with Gasteiger partial charge in [0.05, 0.1) is 10.6 Å². The summed E-state index contributed by atoms with van der Waals surface area (Å²) in [5.74, 6) is -1.38. The minimum atomic E-state index is -3.94. The SMILES string of the molecule is NS(=O)(=O)C1CC(=O)N(c2cc(Cl)cc([N+](=O)[O-])c2O)C1. The first-order chi connectivity index (χ1) is 9.61. The van der Waals surface area contributed by atoms with Gasteiger partial charge in [-0.05, 0) is 6.07 Å². The van der Waals surface area contributed by atoms with Crippen molar-refractivity contribution < 1.29 is 23.2 Å². The average Bonchev–Trinajstić information content (AvgIpc) is 2.73. The molecule has 1 aliphatic rings. The van der Waals surface area contributed by atoms with E-state index >= 15 is 0 Å². The summed E-state index contributed by atoms with van der Waals surface area (Å²) < 4.78 is 22.6. The highest BCUT2D eigenvalue weighted by molar-refractivity contribution is 7.89. The van der Waals surface area contributed by atoms with Gasteiger partial charge >= 0.3 is 5.69 Å². The van der Waals surface area contributed by atoms with Crippen molar-refractivity contribution in [2.75, 3.05) is 11.4 Å². The number of halogens is 1. The highest BCUT2D eigenvalue weighted by Gasteiger charge is 2.39. The molecule has 0 bridgehead atoms. The summed E-state index contributed by atoms with van der Waals surface area (Å²) in [6, 6.07) is 2.07. The summed E-state index contributed by atoms with van der Waals surface area (Å²) in [4.78, 5) is 22.7. The Morgan fingerprint density at radius 3 is 2.57 bits per heavy atom. The van der Waals surface area contributed by atoms with Crippen LogP contribution in [-0.2, 0) is 14.8 Å². The molecule has 1 atom stereocenters. The van der Waals surface area contributed by atoms with Crippen LogP contribution in [-0.4, -0.2) is 36.1 Å². The van der Waals surface area contributed by atoms with E-state index in [9.17, 15) is 28.4 Å². The van der Waals surface area contributed by atoms with Crippen molar-refractivity contribution in [3.63, 3.8) is 0 Å². The van der Waals surface area contributed by atoms with E-state index in [0.29, 0.717) is 0 Å². The van der Waals surface area contributed by atoms with Crippen molar-refractivity contribution in [1.29, 1.82) is 0 Å². The van der Waals surface area contributed by atoms with E-state index in [4.69, 9.17) is 16.7 Å². The number of amides is 1. The van der Waals surface area contributed by atoms with Crippen LogP contribution in [0.15, 0.2) is 12.1 Å². The molecule has 1 heterocycles. The Morgan fingerprint density at radius 1 is 1.48 bits per heavy atom. The third-order valence-electron chi connectivity index (χ3n) is 3.08. The zero-order valence-corrected chi connectivity index (χ0v) is 12.0. The minimum Gasteiger partial charge on any atom is -0.501 e. The van der Waals surface area contributed by atoms with Gasteiger partial charge in [-0.25, -0.2) is 13.6 Å². The second-order valence-corrected chi connectivity index (χ2v) is 6.75. The third-order valence-corrected chi connectivity index (χ3v) is 4.54. The van der Waals surface area contributed by atoms with E-state index in [1.165, 1.54) is 0 Å². The molecule has 9 nitrogen and oxygen atoms in total. The molecule has 1 aromatic carbocycles. The Bertz CT molecular complexity index is 735. The lowest BCUT2D eigenvalue weighted by Crippen LogP contribution is -2.32. The number of hydrogen-bond acceptors (Lipinski definition) is 6. The molecule has 21 heavy (non-hydrogen) atoms. The number of nitrogens with two attached hydrogens (primary N) is 1. The molecule has 0 aromatic heterocycles. The molecule has 1 unspecified atom stereocenters. The van der Waals surface area contributed by atoms with Gasteiger partial charge in [0.15, 0.2) is 0 Å². The Balaban J connectivity index is 2.48. The first kappa shape index (κ1) is 15.5. The summed E-state index contributed by atoms with van der Waals surface area (Å²) in [7, 11) is -3.94. The Morgan fingerprint density at radius 2 is 2.10 bits per heavy atom. The fourth-order valence-corrected chi connectivity index (χ4v) is 2.98. The number of anilines is 1. The summed E-state index contributed by atoms with van der Waals surface area (Å²) in [6.45, 7) is -0.303. The van der Waals surface area contributed by atoms with Crippen LogP contribution in [0, 0.1) is 10.1 Å². The highest BCUT2D eigenvalue weighted by atomic mass is 35.5. The zero-order valence-electron chi connectivity index (χ0n) is 10.4. The maximum atomic E-state index is 11.9. The van der Waals surface area contributed by atoms with Crippen LogP contribution in [0.3, 0.4) is 0 Å². The molecule has 0 aliphatic carbocycles. The predicted octanol–water partition coefficient (Wildman–Crippen LogP) is 0.348. The number of sulfonamides is 1. The fraction of sp³-hybridized carbons (Fsp3) is 0.300. The van der Waals surface area contributed by atoms with Gasteiger partial charge in [-0.2, -0.15) is 0 Å². The van der Waals surface area contributed by atoms with E-state index in [1.807, 2.05) is 0 Å². The number of nitro groups is 1. The summed E-state index contributed by atoms with van der Waals surface area (Å²) in [5.41, 5.74) is -0.894. The second kappa shape index (κ2) is 5.13. The standard InChI is InChI=1S/C10H10ClN3O6S/c11-5-1-7(10(16)8(2-5)14(17)18)13-4-6(3-9(13)15)21(12,19)20/h1-2,6,16H,3-4H2,(H2,12,19,20). The normalized spacial score (nSPS) is 19.0. The second-order valence-electron chi connectivity index (χ2n) is 4.47. The number of nitro benzene ring substituents is 1. The van der Waals surface area contributed by atoms with Gasteiger partial charge in [0.1, 0.15) is 5.25 Å². The lowest BCUT2D eigenvalue weighted by atomic mass is 10.2.